The van der Waals surface area contributed by atoms with Crippen molar-refractivity contribution in [1.82, 2.24) is 5.32 Å². The number of hydrogen-bond acceptors (Lipinski definition) is 8. The summed E-state index contributed by atoms with van der Waals surface area (Å²) in [5.74, 6) is 0.750. The highest BCUT2D eigenvalue weighted by Gasteiger charge is 2.14. The van der Waals surface area contributed by atoms with Crippen molar-refractivity contribution in [3.05, 3.63) is 48.0 Å². The van der Waals surface area contributed by atoms with Gasteiger partial charge in [0.2, 0.25) is 0 Å². The van der Waals surface area contributed by atoms with Crippen LogP contribution in [-0.2, 0) is 14.3 Å². The molecule has 0 saturated carbocycles. The molecule has 186 valence electrons. The molecule has 1 aliphatic rings. The quantitative estimate of drug-likeness (QED) is 0.388. The molecule has 1 aliphatic heterocycles. The Bertz CT molecular complexity index is 1080. The molecule has 3 rings (SSSR count). The third-order valence-corrected chi connectivity index (χ3v) is 4.54. The lowest BCUT2D eigenvalue weighted by atomic mass is 10.2. The van der Waals surface area contributed by atoms with E-state index in [-0.39, 0.29) is 0 Å². The number of esters is 1. The van der Waals surface area contributed by atoms with Crippen LogP contribution >= 0.6 is 0 Å². The summed E-state index contributed by atoms with van der Waals surface area (Å²) in [6.07, 6.45) is 3.58. The van der Waals surface area contributed by atoms with Crippen LogP contribution in [0.5, 0.6) is 23.0 Å². The second kappa shape index (κ2) is 12.9. The molecule has 3 amide bonds. The molecule has 2 aromatic rings. The van der Waals surface area contributed by atoms with Gasteiger partial charge in [0.1, 0.15) is 13.2 Å². The monoisotopic (exact) mass is 484 g/mol. The lowest BCUT2D eigenvalue weighted by Crippen LogP contribution is -2.37. The molecule has 0 fully saturated rings. The average Bonchev–Trinajstić information content (AvgIpc) is 2.85. The van der Waals surface area contributed by atoms with Gasteiger partial charge in [-0.15, -0.1) is 0 Å². The first-order valence-electron chi connectivity index (χ1n) is 11.2. The molecular weight excluding hydrogens is 456 g/mol. The van der Waals surface area contributed by atoms with E-state index in [0.29, 0.717) is 60.7 Å². The second-order valence-corrected chi connectivity index (χ2v) is 7.29. The first-order chi connectivity index (χ1) is 17.0. The van der Waals surface area contributed by atoms with Crippen LogP contribution in [0.2, 0.25) is 0 Å². The summed E-state index contributed by atoms with van der Waals surface area (Å²) in [7, 11) is 0. The predicted molar refractivity (Wildman–Crippen MR) is 128 cm³/mol. The molecule has 2 N–H and O–H groups in total. The fraction of sp³-hybridized carbons (Fsp3) is 0.320. The Hall–Kier alpha value is -4.21. The van der Waals surface area contributed by atoms with Gasteiger partial charge in [0.15, 0.2) is 29.6 Å². The molecule has 2 aromatic carbocycles. The van der Waals surface area contributed by atoms with Crippen molar-refractivity contribution in [3.8, 4) is 23.0 Å². The summed E-state index contributed by atoms with van der Waals surface area (Å²) in [6, 6.07) is 9.36. The van der Waals surface area contributed by atoms with E-state index in [1.807, 2.05) is 13.8 Å². The van der Waals surface area contributed by atoms with Crippen molar-refractivity contribution >= 4 is 29.7 Å². The fourth-order valence-electron chi connectivity index (χ4n) is 3.02. The van der Waals surface area contributed by atoms with Crippen LogP contribution in [0.3, 0.4) is 0 Å². The van der Waals surface area contributed by atoms with E-state index in [0.717, 1.165) is 6.42 Å². The number of carbonyl (C=O) groups is 3. The van der Waals surface area contributed by atoms with Crippen molar-refractivity contribution in [1.29, 1.82) is 0 Å². The van der Waals surface area contributed by atoms with E-state index in [1.165, 1.54) is 12.2 Å². The van der Waals surface area contributed by atoms with Crippen LogP contribution in [-0.4, -0.2) is 50.9 Å². The van der Waals surface area contributed by atoms with Crippen LogP contribution in [0, 0.1) is 0 Å². The van der Waals surface area contributed by atoms with Crippen molar-refractivity contribution in [2.24, 2.45) is 0 Å². The number of benzene rings is 2. The van der Waals surface area contributed by atoms with Crippen molar-refractivity contribution < 1.29 is 38.1 Å². The van der Waals surface area contributed by atoms with E-state index < -0.39 is 24.5 Å². The molecule has 0 spiro atoms. The molecule has 10 heteroatoms. The molecule has 0 atom stereocenters. The van der Waals surface area contributed by atoms with Gasteiger partial charge >= 0.3 is 12.0 Å². The summed E-state index contributed by atoms with van der Waals surface area (Å²) in [5.41, 5.74) is 1.11. The van der Waals surface area contributed by atoms with Crippen LogP contribution < -0.4 is 29.6 Å². The number of ether oxygens (including phenoxy) is 5. The lowest BCUT2D eigenvalue weighted by molar-refractivity contribution is -0.143. The minimum Gasteiger partial charge on any atom is -0.490 e. The largest absolute Gasteiger partial charge is 0.490 e. The number of rotatable bonds is 10. The zero-order valence-electron chi connectivity index (χ0n) is 19.6. The van der Waals surface area contributed by atoms with Crippen molar-refractivity contribution in [3.63, 3.8) is 0 Å². The first kappa shape index (κ1) is 25.4. The highest BCUT2D eigenvalue weighted by Crippen LogP contribution is 2.32. The summed E-state index contributed by atoms with van der Waals surface area (Å²) in [4.78, 5) is 36.0. The maximum Gasteiger partial charge on any atom is 0.331 e. The number of carbonyl (C=O) groups excluding carboxylic acids is 3. The summed E-state index contributed by atoms with van der Waals surface area (Å²) in [6.45, 7) is 5.16. The Kier molecular flexibility index (Phi) is 9.35. The Morgan fingerprint density at radius 3 is 2.54 bits per heavy atom. The minimum absolute atomic E-state index is 0.410. The molecule has 0 radical (unpaired) electrons. The number of imide groups is 1. The molecule has 1 heterocycles. The highest BCUT2D eigenvalue weighted by molar-refractivity contribution is 6.02. The van der Waals surface area contributed by atoms with E-state index in [2.05, 4.69) is 10.6 Å². The third kappa shape index (κ3) is 7.95. The van der Waals surface area contributed by atoms with E-state index in [9.17, 15) is 14.4 Å². The molecule has 10 nitrogen and oxygen atoms in total. The van der Waals surface area contributed by atoms with E-state index in [4.69, 9.17) is 23.7 Å². The molecule has 0 aromatic heterocycles. The fourth-order valence-corrected chi connectivity index (χ4v) is 3.02. The van der Waals surface area contributed by atoms with E-state index >= 15 is 0 Å². The average molecular weight is 485 g/mol. The maximum absolute atomic E-state index is 12.0. The number of nitrogens with one attached hydrogen (secondary N) is 2. The Morgan fingerprint density at radius 1 is 0.971 bits per heavy atom. The third-order valence-electron chi connectivity index (χ3n) is 4.54. The van der Waals surface area contributed by atoms with Crippen LogP contribution in [0.15, 0.2) is 42.5 Å². The smallest absolute Gasteiger partial charge is 0.331 e. The van der Waals surface area contributed by atoms with Gasteiger partial charge < -0.3 is 29.0 Å². The SMILES string of the molecule is CCCOc1ccc(/C=C/C(=O)OCC(=O)NC(=O)Nc2ccc3c(c2)OCCO3)cc1OCC. The second-order valence-electron chi connectivity index (χ2n) is 7.29. The number of hydrogen-bond donors (Lipinski definition) is 2. The minimum atomic E-state index is -0.780. The number of anilines is 1. The van der Waals surface area contributed by atoms with Crippen molar-refractivity contribution in [2.75, 3.05) is 38.4 Å². The van der Waals surface area contributed by atoms with Crippen LogP contribution in [0.25, 0.3) is 6.08 Å². The number of urea groups is 1. The van der Waals surface area contributed by atoms with Gasteiger partial charge in [-0.2, -0.15) is 0 Å². The molecule has 0 bridgehead atoms. The lowest BCUT2D eigenvalue weighted by Gasteiger charge is -2.19. The normalized spacial score (nSPS) is 12.1. The maximum atomic E-state index is 12.0. The van der Waals surface area contributed by atoms with Crippen LogP contribution in [0.4, 0.5) is 10.5 Å². The molecule has 35 heavy (non-hydrogen) atoms. The molecule has 0 saturated heterocycles. The Labute approximate surface area is 203 Å². The molecular formula is C25H28N2O8. The highest BCUT2D eigenvalue weighted by atomic mass is 16.6. The summed E-state index contributed by atoms with van der Waals surface area (Å²) >= 11 is 0. The number of fused-ring (bicyclic) bond motifs is 1. The van der Waals surface area contributed by atoms with Crippen LogP contribution in [0.1, 0.15) is 25.8 Å². The predicted octanol–water partition coefficient (Wildman–Crippen LogP) is 3.55. The van der Waals surface area contributed by atoms with Gasteiger partial charge in [0.25, 0.3) is 5.91 Å². The summed E-state index contributed by atoms with van der Waals surface area (Å²) in [5, 5.41) is 4.60. The van der Waals surface area contributed by atoms with Gasteiger partial charge in [0, 0.05) is 17.8 Å². The zero-order valence-corrected chi connectivity index (χ0v) is 19.6. The Morgan fingerprint density at radius 2 is 1.77 bits per heavy atom. The van der Waals surface area contributed by atoms with Gasteiger partial charge in [-0.1, -0.05) is 13.0 Å². The van der Waals surface area contributed by atoms with Crippen molar-refractivity contribution in [2.45, 2.75) is 20.3 Å². The van der Waals surface area contributed by atoms with Gasteiger partial charge in [-0.05, 0) is 49.2 Å². The van der Waals surface area contributed by atoms with Gasteiger partial charge in [-0.3, -0.25) is 10.1 Å². The van der Waals surface area contributed by atoms with Gasteiger partial charge in [-0.25, -0.2) is 9.59 Å². The molecule has 0 unspecified atom stereocenters. The number of amides is 3. The van der Waals surface area contributed by atoms with E-state index in [1.54, 1.807) is 36.4 Å². The Balaban J connectivity index is 1.45. The molecule has 0 aliphatic carbocycles. The first-order valence-corrected chi connectivity index (χ1v) is 11.2. The summed E-state index contributed by atoms with van der Waals surface area (Å²) < 4.78 is 27.0. The standard InChI is InChI=1S/C25H28N2O8/c1-3-11-32-19-8-5-17(14-21(19)31-4-2)6-10-24(29)35-16-23(28)27-25(30)26-18-7-9-20-22(15-18)34-13-12-33-20/h5-10,14-15H,3-4,11-13,16H2,1-2H3,(H2,26,27,28,30)/b10-6+. The zero-order chi connectivity index (χ0) is 25.0. The topological polar surface area (TPSA) is 121 Å². The van der Waals surface area contributed by atoms with Gasteiger partial charge in [0.05, 0.1) is 13.2 Å².